The number of rotatable bonds is 5. The van der Waals surface area contributed by atoms with Crippen molar-refractivity contribution in [1.82, 2.24) is 20.2 Å². The molecule has 0 aliphatic carbocycles. The largest absolute Gasteiger partial charge is 0.508 e. The van der Waals surface area contributed by atoms with E-state index < -0.39 is 5.82 Å². The molecule has 202 valence electrons. The first kappa shape index (κ1) is 25.1. The minimum atomic E-state index is -0.599. The molecule has 1 aromatic heterocycles. The number of ether oxygens (including phenoxy) is 1. The zero-order valence-electron chi connectivity index (χ0n) is 21.4. The van der Waals surface area contributed by atoms with Crippen LogP contribution < -0.4 is 15.0 Å². The van der Waals surface area contributed by atoms with E-state index in [1.54, 1.807) is 24.3 Å². The highest BCUT2D eigenvalue weighted by Gasteiger charge is 2.42. The van der Waals surface area contributed by atoms with Gasteiger partial charge in [0.2, 0.25) is 0 Å². The van der Waals surface area contributed by atoms with Crippen LogP contribution in [-0.4, -0.2) is 71.4 Å². The van der Waals surface area contributed by atoms with E-state index in [9.17, 15) is 5.11 Å². The summed E-state index contributed by atoms with van der Waals surface area (Å²) in [5.41, 5.74) is 0.669. The van der Waals surface area contributed by atoms with E-state index in [0.717, 1.165) is 38.9 Å². The molecule has 0 saturated carbocycles. The Bertz CT molecular complexity index is 1620. The number of likely N-dealkylation sites (tertiary alicyclic amines) is 1. The third-order valence-electron chi connectivity index (χ3n) is 8.51. The molecule has 3 aliphatic rings. The Hall–Kier alpha value is -2.91. The number of aromatic hydroxyl groups is 1. The molecule has 0 radical (unpaired) electrons. The van der Waals surface area contributed by atoms with Gasteiger partial charge in [-0.15, -0.1) is 0 Å². The predicted molar refractivity (Wildman–Crippen MR) is 153 cm³/mol. The van der Waals surface area contributed by atoms with Crippen molar-refractivity contribution >= 4 is 50.7 Å². The number of benzene rings is 3. The van der Waals surface area contributed by atoms with Crippen LogP contribution in [-0.2, 0) is 0 Å². The molecule has 7 rings (SSSR count). The summed E-state index contributed by atoms with van der Waals surface area (Å²) >= 11 is 13.4. The smallest absolute Gasteiger partial charge is 0.319 e. The first-order valence-corrected chi connectivity index (χ1v) is 14.1. The highest BCUT2D eigenvalue weighted by atomic mass is 35.5. The second-order valence-corrected chi connectivity index (χ2v) is 11.6. The Kier molecular flexibility index (Phi) is 6.19. The number of nitrogens with zero attached hydrogens (tertiary/aromatic N) is 4. The Morgan fingerprint density at radius 3 is 2.74 bits per heavy atom. The number of fused-ring (bicyclic) bond motifs is 3. The molecular formula is C29H28Cl2FN5O2. The quantitative estimate of drug-likeness (QED) is 0.324. The Balaban J connectivity index is 1.41. The van der Waals surface area contributed by atoms with Crippen LogP contribution in [0.15, 0.2) is 36.4 Å². The summed E-state index contributed by atoms with van der Waals surface area (Å²) in [5, 5.41) is 16.4. The summed E-state index contributed by atoms with van der Waals surface area (Å²) in [4.78, 5) is 13.9. The van der Waals surface area contributed by atoms with Gasteiger partial charge in [0.25, 0.3) is 0 Å². The number of nitrogens with one attached hydrogen (secondary N) is 1. The molecular weight excluding hydrogens is 540 g/mol. The number of aromatic nitrogens is 2. The molecule has 3 atom stereocenters. The van der Waals surface area contributed by atoms with Crippen molar-refractivity contribution in [2.75, 3.05) is 38.2 Å². The number of halogens is 3. The van der Waals surface area contributed by atoms with Crippen LogP contribution in [0.3, 0.4) is 0 Å². The maximum Gasteiger partial charge on any atom is 0.319 e. The molecule has 3 aliphatic heterocycles. The van der Waals surface area contributed by atoms with Gasteiger partial charge in [-0.1, -0.05) is 35.3 Å². The fourth-order valence-corrected chi connectivity index (χ4v) is 6.91. The topological polar surface area (TPSA) is 73.8 Å². The zero-order valence-corrected chi connectivity index (χ0v) is 22.9. The summed E-state index contributed by atoms with van der Waals surface area (Å²) in [5.74, 6) is 0.0252. The third kappa shape index (κ3) is 4.16. The standard InChI is InChI=1S/C29H28Cl2FN5O2/c1-36-8-3-5-16(36)14-39-29-34-27-19(28(35-29)37-9-7-22-23(37)13-33-22)12-21(31)25(26(27)32)18-11-17(38)10-15-4-2-6-20(30)24(15)18/h2,4,6,10-12,16,22-23,33,38H,3,5,7-9,13-14H2,1H3/t16-,22?,23?/m0/s1. The normalized spacial score (nSPS) is 23.0. The molecule has 4 aromatic rings. The van der Waals surface area contributed by atoms with Gasteiger partial charge in [0.15, 0.2) is 5.82 Å². The number of anilines is 1. The van der Waals surface area contributed by atoms with Gasteiger partial charge in [-0.25, -0.2) is 4.39 Å². The van der Waals surface area contributed by atoms with E-state index in [1.165, 1.54) is 6.07 Å². The number of phenolic OH excluding ortho intramolecular Hbond substituents is 1. The van der Waals surface area contributed by atoms with Crippen molar-refractivity contribution in [3.8, 4) is 22.9 Å². The van der Waals surface area contributed by atoms with Gasteiger partial charge in [0, 0.05) is 46.5 Å². The molecule has 39 heavy (non-hydrogen) atoms. The summed E-state index contributed by atoms with van der Waals surface area (Å²) in [6.45, 7) is 3.11. The van der Waals surface area contributed by atoms with E-state index in [4.69, 9.17) is 32.9 Å². The first-order chi connectivity index (χ1) is 18.9. The highest BCUT2D eigenvalue weighted by Crippen LogP contribution is 2.45. The molecule has 2 N–H and O–H groups in total. The van der Waals surface area contributed by atoms with Crippen LogP contribution in [0.5, 0.6) is 11.8 Å². The fourth-order valence-electron chi connectivity index (χ4n) is 6.33. The van der Waals surface area contributed by atoms with Crippen LogP contribution in [0, 0.1) is 5.82 Å². The number of likely N-dealkylation sites (N-methyl/N-ethyl adjacent to an activating group) is 1. The van der Waals surface area contributed by atoms with E-state index in [2.05, 4.69) is 27.1 Å². The molecule has 0 amide bonds. The summed E-state index contributed by atoms with van der Waals surface area (Å²) < 4.78 is 22.8. The lowest BCUT2D eigenvalue weighted by molar-refractivity contribution is 0.188. The van der Waals surface area contributed by atoms with Gasteiger partial charge < -0.3 is 25.0 Å². The predicted octanol–water partition coefficient (Wildman–Crippen LogP) is 5.63. The lowest BCUT2D eigenvalue weighted by Gasteiger charge is -2.38. The zero-order chi connectivity index (χ0) is 26.8. The van der Waals surface area contributed by atoms with E-state index in [-0.39, 0.29) is 39.9 Å². The van der Waals surface area contributed by atoms with E-state index in [0.29, 0.717) is 45.2 Å². The molecule has 3 fully saturated rings. The number of hydrogen-bond donors (Lipinski definition) is 2. The lowest BCUT2D eigenvalue weighted by Crippen LogP contribution is -2.59. The molecule has 7 nitrogen and oxygen atoms in total. The minimum absolute atomic E-state index is 0.0102. The van der Waals surface area contributed by atoms with Crippen molar-refractivity contribution in [3.05, 3.63) is 52.3 Å². The summed E-state index contributed by atoms with van der Waals surface area (Å²) in [6, 6.07) is 11.3. The fraction of sp³-hybridized carbons (Fsp3) is 0.379. The summed E-state index contributed by atoms with van der Waals surface area (Å²) in [7, 11) is 2.08. The maximum absolute atomic E-state index is 16.7. The van der Waals surface area contributed by atoms with Gasteiger partial charge in [-0.2, -0.15) is 9.97 Å². The molecule has 2 unspecified atom stereocenters. The van der Waals surface area contributed by atoms with Crippen LogP contribution in [0.2, 0.25) is 10.0 Å². The van der Waals surface area contributed by atoms with Crippen molar-refractivity contribution < 1.29 is 14.2 Å². The van der Waals surface area contributed by atoms with Crippen LogP contribution in [0.25, 0.3) is 32.8 Å². The lowest BCUT2D eigenvalue weighted by atomic mass is 9.96. The van der Waals surface area contributed by atoms with Gasteiger partial charge in [-0.05, 0) is 68.1 Å². The Morgan fingerprint density at radius 1 is 1.13 bits per heavy atom. The monoisotopic (exact) mass is 567 g/mol. The number of phenols is 1. The molecule has 4 heterocycles. The molecule has 3 saturated heterocycles. The van der Waals surface area contributed by atoms with Crippen LogP contribution in [0.4, 0.5) is 10.2 Å². The average Bonchev–Trinajstić information content (AvgIpc) is 3.43. The average molecular weight is 568 g/mol. The van der Waals surface area contributed by atoms with Crippen molar-refractivity contribution in [2.45, 2.75) is 37.4 Å². The van der Waals surface area contributed by atoms with E-state index in [1.807, 2.05) is 6.07 Å². The van der Waals surface area contributed by atoms with Crippen molar-refractivity contribution in [3.63, 3.8) is 0 Å². The molecule has 10 heteroatoms. The van der Waals surface area contributed by atoms with Gasteiger partial charge >= 0.3 is 6.01 Å². The Labute approximate surface area is 235 Å². The molecule has 3 aromatic carbocycles. The van der Waals surface area contributed by atoms with Crippen LogP contribution >= 0.6 is 23.2 Å². The van der Waals surface area contributed by atoms with Gasteiger partial charge in [0.1, 0.15) is 23.7 Å². The van der Waals surface area contributed by atoms with Crippen LogP contribution in [0.1, 0.15) is 19.3 Å². The SMILES string of the molecule is CN1CCC[C@H]1COc1nc(N2CCC3NCC32)c2cc(Cl)c(-c3cc(O)cc4cccc(Cl)c34)c(F)c2n1. The minimum Gasteiger partial charge on any atom is -0.508 e. The van der Waals surface area contributed by atoms with Crippen molar-refractivity contribution in [1.29, 1.82) is 0 Å². The maximum atomic E-state index is 16.7. The highest BCUT2D eigenvalue weighted by molar-refractivity contribution is 6.38. The number of hydrogen-bond acceptors (Lipinski definition) is 7. The van der Waals surface area contributed by atoms with E-state index >= 15 is 4.39 Å². The Morgan fingerprint density at radius 2 is 2.00 bits per heavy atom. The van der Waals surface area contributed by atoms with Gasteiger partial charge in [0.05, 0.1) is 11.1 Å². The van der Waals surface area contributed by atoms with Gasteiger partial charge in [-0.3, -0.25) is 0 Å². The first-order valence-electron chi connectivity index (χ1n) is 13.3. The second kappa shape index (κ2) is 9.63. The summed E-state index contributed by atoms with van der Waals surface area (Å²) in [6.07, 6.45) is 3.15. The molecule has 0 bridgehead atoms. The third-order valence-corrected chi connectivity index (χ3v) is 9.12. The molecule has 0 spiro atoms. The second-order valence-electron chi connectivity index (χ2n) is 10.8. The van der Waals surface area contributed by atoms with Crippen molar-refractivity contribution in [2.24, 2.45) is 0 Å².